The molecule has 0 heterocycles. The quantitative estimate of drug-likeness (QED) is 0.430. The number of ether oxygens (including phenoxy) is 1. The third kappa shape index (κ3) is 6.59. The lowest BCUT2D eigenvalue weighted by molar-refractivity contribution is 0.0526. The van der Waals surface area contributed by atoms with Crippen molar-refractivity contribution in [2.45, 2.75) is 13.5 Å². The van der Waals surface area contributed by atoms with Crippen LogP contribution in [0, 0.1) is 0 Å². The molecule has 3 N–H and O–H groups in total. The molecule has 0 bridgehead atoms. The summed E-state index contributed by atoms with van der Waals surface area (Å²) >= 11 is 0. The van der Waals surface area contributed by atoms with Crippen LogP contribution in [0.2, 0.25) is 0 Å². The molecule has 3 aromatic carbocycles. The molecule has 0 radical (unpaired) electrons. The van der Waals surface area contributed by atoms with Gasteiger partial charge in [0.05, 0.1) is 17.7 Å². The average Bonchev–Trinajstić information content (AvgIpc) is 2.83. The lowest BCUT2D eigenvalue weighted by Crippen LogP contribution is -2.26. The van der Waals surface area contributed by atoms with Gasteiger partial charge in [-0.3, -0.25) is 4.79 Å². The molecule has 176 valence electrons. The third-order valence-corrected chi connectivity index (χ3v) is 4.93. The molecular weight excluding hydrogens is 432 g/mol. The number of esters is 1. The van der Waals surface area contributed by atoms with Crippen LogP contribution in [0.25, 0.3) is 0 Å². The number of urea groups is 1. The third-order valence-electron chi connectivity index (χ3n) is 4.93. The minimum absolute atomic E-state index is 0.244. The smallest absolute Gasteiger partial charge is 0.338 e. The molecule has 3 rings (SSSR count). The Hall–Kier alpha value is -4.33. The van der Waals surface area contributed by atoms with E-state index >= 15 is 0 Å². The van der Waals surface area contributed by atoms with Crippen LogP contribution in [0.15, 0.2) is 72.8 Å². The first-order valence-electron chi connectivity index (χ1n) is 10.9. The molecule has 0 aliphatic heterocycles. The van der Waals surface area contributed by atoms with Crippen LogP contribution in [-0.4, -0.2) is 38.6 Å². The Morgan fingerprint density at radius 3 is 2.15 bits per heavy atom. The van der Waals surface area contributed by atoms with E-state index in [2.05, 4.69) is 16.0 Å². The summed E-state index contributed by atoms with van der Waals surface area (Å²) in [5, 5.41) is 8.37. The van der Waals surface area contributed by atoms with Crippen molar-refractivity contribution in [1.82, 2.24) is 5.32 Å². The molecule has 0 aromatic heterocycles. The van der Waals surface area contributed by atoms with E-state index in [0.717, 1.165) is 11.3 Å². The average molecular weight is 461 g/mol. The number of nitrogens with one attached hydrogen (secondary N) is 3. The number of amides is 3. The minimum atomic E-state index is -0.475. The number of rotatable bonds is 8. The summed E-state index contributed by atoms with van der Waals surface area (Å²) in [5.74, 6) is -0.663. The fraction of sp³-hybridized carbons (Fsp3) is 0.192. The Labute approximate surface area is 198 Å². The van der Waals surface area contributed by atoms with Crippen molar-refractivity contribution in [3.05, 3.63) is 89.5 Å². The monoisotopic (exact) mass is 460 g/mol. The number of benzene rings is 3. The first kappa shape index (κ1) is 24.3. The van der Waals surface area contributed by atoms with Gasteiger partial charge in [-0.1, -0.05) is 30.3 Å². The van der Waals surface area contributed by atoms with E-state index in [9.17, 15) is 14.4 Å². The number of carbonyl (C=O) groups excluding carboxylic acids is 3. The summed E-state index contributed by atoms with van der Waals surface area (Å²) in [7, 11) is 3.70. The minimum Gasteiger partial charge on any atom is -0.462 e. The predicted molar refractivity (Wildman–Crippen MR) is 133 cm³/mol. The van der Waals surface area contributed by atoms with Gasteiger partial charge in [-0.05, 0) is 55.0 Å². The topological polar surface area (TPSA) is 99.8 Å². The molecule has 3 amide bonds. The Balaban J connectivity index is 1.67. The van der Waals surface area contributed by atoms with E-state index in [1.54, 1.807) is 49.4 Å². The summed E-state index contributed by atoms with van der Waals surface area (Å²) in [6.07, 6.45) is 0. The molecule has 8 nitrogen and oxygen atoms in total. The van der Waals surface area contributed by atoms with Gasteiger partial charge in [-0.25, -0.2) is 9.59 Å². The molecule has 0 saturated heterocycles. The van der Waals surface area contributed by atoms with Gasteiger partial charge in [-0.15, -0.1) is 0 Å². The van der Waals surface area contributed by atoms with Crippen LogP contribution < -0.4 is 20.9 Å². The molecule has 0 spiro atoms. The molecule has 3 aromatic rings. The zero-order valence-corrected chi connectivity index (χ0v) is 19.4. The zero-order chi connectivity index (χ0) is 24.5. The van der Waals surface area contributed by atoms with Crippen LogP contribution in [0.3, 0.4) is 0 Å². The summed E-state index contributed by atoms with van der Waals surface area (Å²) in [4.78, 5) is 39.0. The van der Waals surface area contributed by atoms with E-state index in [0.29, 0.717) is 35.7 Å². The van der Waals surface area contributed by atoms with Crippen LogP contribution in [0.4, 0.5) is 21.9 Å². The second-order valence-electron chi connectivity index (χ2n) is 7.67. The highest BCUT2D eigenvalue weighted by molar-refractivity contribution is 6.04. The van der Waals surface area contributed by atoms with Crippen molar-refractivity contribution >= 4 is 35.0 Å². The van der Waals surface area contributed by atoms with Crippen LogP contribution >= 0.6 is 0 Å². The fourth-order valence-electron chi connectivity index (χ4n) is 3.26. The van der Waals surface area contributed by atoms with Crippen LogP contribution in [0.5, 0.6) is 0 Å². The Bertz CT molecular complexity index is 1150. The number of carbonyl (C=O) groups is 3. The van der Waals surface area contributed by atoms with Gasteiger partial charge in [0.2, 0.25) is 0 Å². The van der Waals surface area contributed by atoms with Gasteiger partial charge < -0.3 is 25.6 Å². The fourth-order valence-corrected chi connectivity index (χ4v) is 3.26. The predicted octanol–water partition coefficient (Wildman–Crippen LogP) is 4.50. The van der Waals surface area contributed by atoms with E-state index in [-0.39, 0.29) is 5.91 Å². The standard InChI is InChI=1S/C26H28N4O4/c1-4-34-25(32)19-10-12-20(13-11-19)28-26(33)29-21-14-15-23(30(2)3)22(16-21)24(31)27-17-18-8-6-5-7-9-18/h5-16H,4,17H2,1-3H3,(H,27,31)(H2,28,29,33). The lowest BCUT2D eigenvalue weighted by atomic mass is 10.1. The van der Waals surface area contributed by atoms with Crippen molar-refractivity contribution < 1.29 is 19.1 Å². The van der Waals surface area contributed by atoms with Gasteiger partial charge in [0.25, 0.3) is 5.91 Å². The molecular formula is C26H28N4O4. The summed E-state index contributed by atoms with van der Waals surface area (Å²) in [6, 6.07) is 20.7. The van der Waals surface area contributed by atoms with Crippen molar-refractivity contribution in [3.63, 3.8) is 0 Å². The van der Waals surface area contributed by atoms with Crippen molar-refractivity contribution in [2.24, 2.45) is 0 Å². The van der Waals surface area contributed by atoms with Gasteiger partial charge >= 0.3 is 12.0 Å². The molecule has 8 heteroatoms. The van der Waals surface area contributed by atoms with E-state index in [1.807, 2.05) is 49.3 Å². The maximum Gasteiger partial charge on any atom is 0.338 e. The largest absolute Gasteiger partial charge is 0.462 e. The Morgan fingerprint density at radius 1 is 0.853 bits per heavy atom. The molecule has 34 heavy (non-hydrogen) atoms. The summed E-state index contributed by atoms with van der Waals surface area (Å²) in [6.45, 7) is 2.42. The van der Waals surface area contributed by atoms with Crippen molar-refractivity contribution in [3.8, 4) is 0 Å². The highest BCUT2D eigenvalue weighted by Crippen LogP contribution is 2.23. The molecule has 0 unspecified atom stereocenters. The number of nitrogens with zero attached hydrogens (tertiary/aromatic N) is 1. The Kier molecular flexibility index (Phi) is 8.23. The normalized spacial score (nSPS) is 10.2. The second-order valence-corrected chi connectivity index (χ2v) is 7.67. The van der Waals surface area contributed by atoms with Crippen molar-refractivity contribution in [2.75, 3.05) is 36.2 Å². The first-order chi connectivity index (χ1) is 16.4. The lowest BCUT2D eigenvalue weighted by Gasteiger charge is -2.19. The van der Waals surface area contributed by atoms with Gasteiger partial charge in [-0.2, -0.15) is 0 Å². The maximum absolute atomic E-state index is 12.9. The molecule has 0 aliphatic rings. The first-order valence-corrected chi connectivity index (χ1v) is 10.9. The molecule has 0 fully saturated rings. The number of hydrogen-bond donors (Lipinski definition) is 3. The number of anilines is 3. The highest BCUT2D eigenvalue weighted by Gasteiger charge is 2.15. The SMILES string of the molecule is CCOC(=O)c1ccc(NC(=O)Nc2ccc(N(C)C)c(C(=O)NCc3ccccc3)c2)cc1. The maximum atomic E-state index is 12.9. The Morgan fingerprint density at radius 2 is 1.50 bits per heavy atom. The van der Waals surface area contributed by atoms with Gasteiger partial charge in [0.1, 0.15) is 0 Å². The van der Waals surface area contributed by atoms with Gasteiger partial charge in [0.15, 0.2) is 0 Å². The molecule has 0 aliphatic carbocycles. The molecule has 0 atom stereocenters. The highest BCUT2D eigenvalue weighted by atomic mass is 16.5. The molecule has 0 saturated carbocycles. The van der Waals surface area contributed by atoms with E-state index in [1.165, 1.54) is 0 Å². The van der Waals surface area contributed by atoms with Crippen molar-refractivity contribution in [1.29, 1.82) is 0 Å². The van der Waals surface area contributed by atoms with Gasteiger partial charge in [0, 0.05) is 37.7 Å². The van der Waals surface area contributed by atoms with E-state index in [4.69, 9.17) is 4.74 Å². The van der Waals surface area contributed by atoms with Crippen LogP contribution in [-0.2, 0) is 11.3 Å². The summed E-state index contributed by atoms with van der Waals surface area (Å²) < 4.78 is 4.95. The number of hydrogen-bond acceptors (Lipinski definition) is 5. The zero-order valence-electron chi connectivity index (χ0n) is 19.4. The van der Waals surface area contributed by atoms with E-state index < -0.39 is 12.0 Å². The second kappa shape index (κ2) is 11.5. The summed E-state index contributed by atoms with van der Waals surface area (Å²) in [5.41, 5.74) is 3.54. The van der Waals surface area contributed by atoms with Crippen LogP contribution in [0.1, 0.15) is 33.2 Å².